The van der Waals surface area contributed by atoms with Crippen LogP contribution in [0.15, 0.2) is 30.3 Å². The van der Waals surface area contributed by atoms with Gasteiger partial charge in [0.1, 0.15) is 0 Å². The standard InChI is InChI=1S/C17H26O/c1-14-9-10-18-16(11-14)13-17(2,3)12-15-7-5-4-6-8-15/h4-8,14,16H,9-13H2,1-3H3. The highest BCUT2D eigenvalue weighted by Gasteiger charge is 2.27. The van der Waals surface area contributed by atoms with Gasteiger partial charge in [0.2, 0.25) is 0 Å². The molecule has 0 radical (unpaired) electrons. The van der Waals surface area contributed by atoms with Gasteiger partial charge < -0.3 is 4.74 Å². The van der Waals surface area contributed by atoms with E-state index in [0.717, 1.165) is 18.9 Å². The topological polar surface area (TPSA) is 9.23 Å². The van der Waals surface area contributed by atoms with Gasteiger partial charge in [0.15, 0.2) is 0 Å². The zero-order chi connectivity index (χ0) is 13.0. The molecule has 1 aliphatic rings. The van der Waals surface area contributed by atoms with Crippen LogP contribution >= 0.6 is 0 Å². The maximum Gasteiger partial charge on any atom is 0.0582 e. The molecule has 1 heterocycles. The van der Waals surface area contributed by atoms with Crippen LogP contribution in [-0.4, -0.2) is 12.7 Å². The summed E-state index contributed by atoms with van der Waals surface area (Å²) in [5, 5.41) is 0. The highest BCUT2D eigenvalue weighted by Crippen LogP contribution is 2.32. The number of benzene rings is 1. The van der Waals surface area contributed by atoms with E-state index in [2.05, 4.69) is 51.1 Å². The van der Waals surface area contributed by atoms with Crippen LogP contribution in [0.25, 0.3) is 0 Å². The van der Waals surface area contributed by atoms with Crippen LogP contribution in [0.2, 0.25) is 0 Å². The van der Waals surface area contributed by atoms with Gasteiger partial charge in [0.05, 0.1) is 6.10 Å². The summed E-state index contributed by atoms with van der Waals surface area (Å²) in [5.41, 5.74) is 1.76. The third-order valence-electron chi connectivity index (χ3n) is 3.94. The number of ether oxygens (including phenoxy) is 1. The smallest absolute Gasteiger partial charge is 0.0582 e. The fourth-order valence-electron chi connectivity index (χ4n) is 3.05. The Morgan fingerprint density at radius 2 is 1.94 bits per heavy atom. The molecule has 0 spiro atoms. The van der Waals surface area contributed by atoms with Crippen LogP contribution in [0.3, 0.4) is 0 Å². The summed E-state index contributed by atoms with van der Waals surface area (Å²) in [6.45, 7) is 8.03. The molecule has 2 atom stereocenters. The van der Waals surface area contributed by atoms with Crippen molar-refractivity contribution in [3.8, 4) is 0 Å². The molecule has 0 saturated carbocycles. The lowest BCUT2D eigenvalue weighted by atomic mass is 9.78. The van der Waals surface area contributed by atoms with Crippen molar-refractivity contribution < 1.29 is 4.74 Å². The first-order chi connectivity index (χ1) is 8.55. The Bertz CT molecular complexity index is 355. The lowest BCUT2D eigenvalue weighted by Crippen LogP contribution is -2.30. The Balaban J connectivity index is 1.90. The third-order valence-corrected chi connectivity index (χ3v) is 3.94. The monoisotopic (exact) mass is 246 g/mol. The average Bonchev–Trinajstić information content (AvgIpc) is 2.28. The van der Waals surface area contributed by atoms with Gasteiger partial charge in [0, 0.05) is 6.61 Å². The van der Waals surface area contributed by atoms with E-state index in [0.29, 0.717) is 11.5 Å². The SMILES string of the molecule is CC1CCOC(CC(C)(C)Cc2ccccc2)C1. The van der Waals surface area contributed by atoms with Gasteiger partial charge in [-0.2, -0.15) is 0 Å². The van der Waals surface area contributed by atoms with Crippen LogP contribution in [-0.2, 0) is 11.2 Å². The summed E-state index contributed by atoms with van der Waals surface area (Å²) in [4.78, 5) is 0. The second-order valence-corrected chi connectivity index (χ2v) is 6.65. The van der Waals surface area contributed by atoms with Gasteiger partial charge in [0.25, 0.3) is 0 Å². The van der Waals surface area contributed by atoms with E-state index >= 15 is 0 Å². The fraction of sp³-hybridized carbons (Fsp3) is 0.647. The minimum atomic E-state index is 0.322. The van der Waals surface area contributed by atoms with Crippen LogP contribution in [0.1, 0.15) is 45.6 Å². The summed E-state index contributed by atoms with van der Waals surface area (Å²) in [6, 6.07) is 10.8. The van der Waals surface area contributed by atoms with Crippen molar-refractivity contribution in [2.45, 2.75) is 52.6 Å². The van der Waals surface area contributed by atoms with E-state index in [-0.39, 0.29) is 0 Å². The van der Waals surface area contributed by atoms with Gasteiger partial charge in [-0.15, -0.1) is 0 Å². The van der Waals surface area contributed by atoms with Crippen LogP contribution in [0.4, 0.5) is 0 Å². The predicted octanol–water partition coefficient (Wildman–Crippen LogP) is 4.46. The van der Waals surface area contributed by atoms with Crippen LogP contribution in [0.5, 0.6) is 0 Å². The van der Waals surface area contributed by atoms with Crippen molar-refractivity contribution in [3.05, 3.63) is 35.9 Å². The molecule has 2 unspecified atom stereocenters. The molecule has 2 rings (SSSR count). The zero-order valence-corrected chi connectivity index (χ0v) is 12.0. The molecule has 0 amide bonds. The van der Waals surface area contributed by atoms with Gasteiger partial charge >= 0.3 is 0 Å². The van der Waals surface area contributed by atoms with E-state index in [1.807, 2.05) is 0 Å². The molecule has 1 aromatic carbocycles. The van der Waals surface area contributed by atoms with E-state index in [1.54, 1.807) is 0 Å². The lowest BCUT2D eigenvalue weighted by molar-refractivity contribution is -0.0278. The molecular weight excluding hydrogens is 220 g/mol. The summed E-state index contributed by atoms with van der Waals surface area (Å²) in [6.07, 6.45) is 5.25. The van der Waals surface area contributed by atoms with Crippen molar-refractivity contribution in [3.63, 3.8) is 0 Å². The molecule has 1 heteroatoms. The highest BCUT2D eigenvalue weighted by molar-refractivity contribution is 5.16. The normalized spacial score (nSPS) is 25.1. The fourth-order valence-corrected chi connectivity index (χ4v) is 3.05. The molecule has 1 saturated heterocycles. The molecule has 1 aliphatic heterocycles. The second kappa shape index (κ2) is 5.88. The van der Waals surface area contributed by atoms with Crippen LogP contribution in [0, 0.1) is 11.3 Å². The third kappa shape index (κ3) is 4.13. The van der Waals surface area contributed by atoms with E-state index in [4.69, 9.17) is 4.74 Å². The summed E-state index contributed by atoms with van der Waals surface area (Å²) in [7, 11) is 0. The number of rotatable bonds is 4. The van der Waals surface area contributed by atoms with Crippen LogP contribution < -0.4 is 0 Å². The minimum Gasteiger partial charge on any atom is -0.378 e. The number of hydrogen-bond donors (Lipinski definition) is 0. The summed E-state index contributed by atoms with van der Waals surface area (Å²) >= 11 is 0. The first-order valence-electron chi connectivity index (χ1n) is 7.21. The Morgan fingerprint density at radius 3 is 2.61 bits per heavy atom. The van der Waals surface area contributed by atoms with Crippen molar-refractivity contribution in [2.24, 2.45) is 11.3 Å². The Hall–Kier alpha value is -0.820. The first kappa shape index (κ1) is 13.6. The average molecular weight is 246 g/mol. The van der Waals surface area contributed by atoms with Gasteiger partial charge in [-0.3, -0.25) is 0 Å². The Kier molecular flexibility index (Phi) is 4.45. The van der Waals surface area contributed by atoms with Crippen molar-refractivity contribution in [2.75, 3.05) is 6.61 Å². The minimum absolute atomic E-state index is 0.322. The first-order valence-corrected chi connectivity index (χ1v) is 7.21. The highest BCUT2D eigenvalue weighted by atomic mass is 16.5. The maximum atomic E-state index is 5.92. The molecule has 0 aliphatic carbocycles. The Labute approximate surface area is 112 Å². The Morgan fingerprint density at radius 1 is 1.22 bits per heavy atom. The van der Waals surface area contributed by atoms with Crippen molar-refractivity contribution in [1.82, 2.24) is 0 Å². The molecule has 0 aromatic heterocycles. The molecule has 1 nitrogen and oxygen atoms in total. The maximum absolute atomic E-state index is 5.92. The molecule has 1 aromatic rings. The van der Waals surface area contributed by atoms with E-state index in [1.165, 1.54) is 24.8 Å². The predicted molar refractivity (Wildman–Crippen MR) is 76.7 cm³/mol. The summed E-state index contributed by atoms with van der Waals surface area (Å²) in [5.74, 6) is 0.830. The largest absolute Gasteiger partial charge is 0.378 e. The molecule has 100 valence electrons. The van der Waals surface area contributed by atoms with Gasteiger partial charge in [-0.1, -0.05) is 51.1 Å². The number of hydrogen-bond acceptors (Lipinski definition) is 1. The van der Waals surface area contributed by atoms with Crippen molar-refractivity contribution >= 4 is 0 Å². The van der Waals surface area contributed by atoms with E-state index < -0.39 is 0 Å². The van der Waals surface area contributed by atoms with Crippen molar-refractivity contribution in [1.29, 1.82) is 0 Å². The molecule has 18 heavy (non-hydrogen) atoms. The van der Waals surface area contributed by atoms with Gasteiger partial charge in [-0.05, 0) is 42.6 Å². The molecule has 1 fully saturated rings. The van der Waals surface area contributed by atoms with Gasteiger partial charge in [-0.25, -0.2) is 0 Å². The molecule has 0 N–H and O–H groups in total. The second-order valence-electron chi connectivity index (χ2n) is 6.65. The zero-order valence-electron chi connectivity index (χ0n) is 12.0. The summed E-state index contributed by atoms with van der Waals surface area (Å²) < 4.78 is 5.92. The lowest BCUT2D eigenvalue weighted by Gasteiger charge is -2.34. The molecular formula is C17H26O. The molecule has 0 bridgehead atoms. The quantitative estimate of drug-likeness (QED) is 0.762. The van der Waals surface area contributed by atoms with E-state index in [9.17, 15) is 0 Å².